The van der Waals surface area contributed by atoms with Crippen LogP contribution in [0.2, 0.25) is 0 Å². The molecule has 3 fully saturated rings. The van der Waals surface area contributed by atoms with Gasteiger partial charge in [-0.2, -0.15) is 9.36 Å². The van der Waals surface area contributed by atoms with Gasteiger partial charge < -0.3 is 31.2 Å². The lowest BCUT2D eigenvalue weighted by Gasteiger charge is -2.49. The van der Waals surface area contributed by atoms with Gasteiger partial charge >= 0.3 is 5.97 Å². The van der Waals surface area contributed by atoms with Crippen LogP contribution in [0.25, 0.3) is 0 Å². The molecular weight excluding hydrogens is 741 g/mol. The zero-order valence-electron chi connectivity index (χ0n) is 29.3. The minimum Gasteiger partial charge on any atom is -0.477 e. The highest BCUT2D eigenvalue weighted by molar-refractivity contribution is 8.00. The van der Waals surface area contributed by atoms with Crippen molar-refractivity contribution in [1.82, 2.24) is 29.8 Å². The average molecular weight is 777 g/mol. The monoisotopic (exact) mass is 776 g/mol. The normalized spacial score (nSPS) is 22.1. The number of thioether (sulfide) groups is 1. The van der Waals surface area contributed by atoms with E-state index in [-0.39, 0.29) is 40.1 Å². The first kappa shape index (κ1) is 36.2. The molecule has 5 N–H and O–H groups in total. The summed E-state index contributed by atoms with van der Waals surface area (Å²) in [7, 11) is 0. The van der Waals surface area contributed by atoms with Gasteiger partial charge in [0.1, 0.15) is 17.1 Å². The van der Waals surface area contributed by atoms with Crippen molar-refractivity contribution in [3.63, 3.8) is 0 Å². The SMILES string of the molecule is Nc1nc(/C(=N/OC(c2ccccc2)(c2ccccc2)c2ccccc2)C(=O)N[C@@H]2C(=O)N3C(C(=O)O)=C(/C=C4\CCN([C@H]5CCNC5)C4=O)CS[C@H]23)ns1. The van der Waals surface area contributed by atoms with Crippen LogP contribution in [0.1, 0.15) is 35.4 Å². The van der Waals surface area contributed by atoms with Crippen LogP contribution in [0.5, 0.6) is 0 Å². The molecule has 14 nitrogen and oxygen atoms in total. The van der Waals surface area contributed by atoms with Crippen LogP contribution in [0.4, 0.5) is 5.13 Å². The van der Waals surface area contributed by atoms with Crippen LogP contribution in [0.15, 0.2) is 119 Å². The zero-order chi connectivity index (χ0) is 38.1. The fourth-order valence-electron chi connectivity index (χ4n) is 7.50. The maximum atomic E-state index is 14.2. The molecule has 280 valence electrons. The van der Waals surface area contributed by atoms with Crippen LogP contribution in [0.3, 0.4) is 0 Å². The predicted octanol–water partition coefficient (Wildman–Crippen LogP) is 3.09. The number of fused-ring (bicyclic) bond motifs is 1. The summed E-state index contributed by atoms with van der Waals surface area (Å²) in [5.74, 6) is -2.73. The summed E-state index contributed by atoms with van der Waals surface area (Å²) in [5.41, 5.74) is 7.16. The molecule has 0 radical (unpaired) electrons. The molecule has 8 rings (SSSR count). The fourth-order valence-corrected chi connectivity index (χ4v) is 9.24. The number of carbonyl (C=O) groups is 4. The van der Waals surface area contributed by atoms with Crippen molar-refractivity contribution in [3.05, 3.63) is 136 Å². The van der Waals surface area contributed by atoms with Crippen LogP contribution < -0.4 is 16.4 Å². The average Bonchev–Trinajstić information content (AvgIpc) is 3.98. The van der Waals surface area contributed by atoms with Crippen molar-refractivity contribution in [2.24, 2.45) is 5.16 Å². The van der Waals surface area contributed by atoms with Crippen LogP contribution in [-0.4, -0.2) is 96.5 Å². The Morgan fingerprint density at radius 2 is 1.64 bits per heavy atom. The Morgan fingerprint density at radius 3 is 2.18 bits per heavy atom. The molecule has 4 aliphatic rings. The zero-order valence-corrected chi connectivity index (χ0v) is 31.0. The third-order valence-electron chi connectivity index (χ3n) is 10.2. The number of carbonyl (C=O) groups excluding carboxylic acids is 3. The highest BCUT2D eigenvalue weighted by Crippen LogP contribution is 2.43. The molecule has 0 spiro atoms. The number of β-lactam (4-membered cyclic amide) rings is 1. The van der Waals surface area contributed by atoms with Crippen molar-refractivity contribution in [2.45, 2.75) is 35.9 Å². The van der Waals surface area contributed by atoms with E-state index in [1.54, 1.807) is 6.08 Å². The number of nitrogens with one attached hydrogen (secondary N) is 2. The number of anilines is 1. The van der Waals surface area contributed by atoms with Crippen LogP contribution in [-0.2, 0) is 29.6 Å². The molecule has 3 amide bonds. The second-order valence-corrected chi connectivity index (χ2v) is 15.3. The van der Waals surface area contributed by atoms with E-state index in [4.69, 9.17) is 10.6 Å². The minimum absolute atomic E-state index is 0.0892. The van der Waals surface area contributed by atoms with Crippen LogP contribution in [0, 0.1) is 0 Å². The Bertz CT molecular complexity index is 2130. The lowest BCUT2D eigenvalue weighted by Crippen LogP contribution is -2.71. The molecule has 3 saturated heterocycles. The molecule has 0 bridgehead atoms. The molecule has 5 heterocycles. The fraction of sp³-hybridized carbons (Fsp3) is 0.256. The molecule has 55 heavy (non-hydrogen) atoms. The van der Waals surface area contributed by atoms with Crippen molar-refractivity contribution in [1.29, 1.82) is 0 Å². The lowest BCUT2D eigenvalue weighted by atomic mass is 9.80. The van der Waals surface area contributed by atoms with E-state index in [0.29, 0.717) is 24.1 Å². The minimum atomic E-state index is -1.34. The topological polar surface area (TPSA) is 192 Å². The van der Waals surface area contributed by atoms with Gasteiger partial charge in [0.2, 0.25) is 23.0 Å². The number of rotatable bonds is 11. The Labute approximate surface area is 324 Å². The molecule has 0 aliphatic carbocycles. The van der Waals surface area contributed by atoms with Gasteiger partial charge in [0, 0.05) is 58.7 Å². The van der Waals surface area contributed by atoms with Gasteiger partial charge in [0.25, 0.3) is 11.8 Å². The largest absolute Gasteiger partial charge is 0.477 e. The third kappa shape index (κ3) is 6.66. The Kier molecular flexibility index (Phi) is 9.94. The number of likely N-dealkylation sites (tertiary alicyclic amines) is 1. The van der Waals surface area contributed by atoms with E-state index in [1.807, 2.05) is 95.9 Å². The first-order valence-corrected chi connectivity index (χ1v) is 19.5. The summed E-state index contributed by atoms with van der Waals surface area (Å²) in [5, 5.41) is 20.1. The van der Waals surface area contributed by atoms with E-state index >= 15 is 0 Å². The van der Waals surface area contributed by atoms with Gasteiger partial charge in [0.15, 0.2) is 5.13 Å². The number of hydrogen-bond acceptors (Lipinski definition) is 12. The number of benzene rings is 3. The van der Waals surface area contributed by atoms with Gasteiger partial charge in [0.05, 0.1) is 0 Å². The van der Waals surface area contributed by atoms with Crippen molar-refractivity contribution in [2.75, 3.05) is 31.1 Å². The molecule has 0 saturated carbocycles. The molecular formula is C39H36N8O6S2. The van der Waals surface area contributed by atoms with Gasteiger partial charge in [-0.05, 0) is 31.0 Å². The second-order valence-electron chi connectivity index (χ2n) is 13.4. The van der Waals surface area contributed by atoms with Gasteiger partial charge in [-0.15, -0.1) is 11.8 Å². The van der Waals surface area contributed by atoms with E-state index in [0.717, 1.165) is 47.7 Å². The third-order valence-corrected chi connectivity index (χ3v) is 12.0. The summed E-state index contributed by atoms with van der Waals surface area (Å²) >= 11 is 2.17. The highest BCUT2D eigenvalue weighted by Gasteiger charge is 2.54. The van der Waals surface area contributed by atoms with Gasteiger partial charge in [-0.25, -0.2) is 4.79 Å². The Hall–Kier alpha value is -5.84. The summed E-state index contributed by atoms with van der Waals surface area (Å²) in [6.45, 7) is 2.14. The summed E-state index contributed by atoms with van der Waals surface area (Å²) in [6, 6.07) is 27.4. The molecule has 16 heteroatoms. The molecule has 3 atom stereocenters. The Morgan fingerprint density at radius 1 is 1.00 bits per heavy atom. The molecule has 4 aromatic rings. The standard InChI is InChI=1S/C39H36N8O6S2/c40-38-43-32(45-55-38)29(44-53-39(25-10-4-1-5-11-25,26-12-6-2-7-13-26)27-14-8-3-9-15-27)33(48)42-30-35(50)47-31(37(51)52)24(22-54-36(30)47)20-23-17-19-46(34(23)49)28-16-18-41-21-28/h1-15,20,28,30,36,41H,16-19,21-22H2,(H,42,48)(H,51,52)(H2,40,43,45)/b23-20+,44-29-/t28-,30+,36+/m0/s1. The van der Waals surface area contributed by atoms with Crippen molar-refractivity contribution in [3.8, 4) is 0 Å². The summed E-state index contributed by atoms with van der Waals surface area (Å²) < 4.78 is 4.25. The molecule has 4 aliphatic heterocycles. The number of amides is 3. The number of carboxylic acids is 1. The number of oxime groups is 1. The highest BCUT2D eigenvalue weighted by atomic mass is 32.2. The molecule has 0 unspecified atom stereocenters. The van der Waals surface area contributed by atoms with Gasteiger partial charge in [-0.3, -0.25) is 19.3 Å². The molecule has 1 aromatic heterocycles. The number of nitrogens with zero attached hydrogens (tertiary/aromatic N) is 5. The smallest absolute Gasteiger partial charge is 0.352 e. The van der Waals surface area contributed by atoms with E-state index in [2.05, 4.69) is 25.1 Å². The second kappa shape index (κ2) is 15.1. The summed E-state index contributed by atoms with van der Waals surface area (Å²) in [6.07, 6.45) is 2.98. The molecule has 3 aromatic carbocycles. The van der Waals surface area contributed by atoms with Crippen molar-refractivity contribution >= 4 is 57.8 Å². The quantitative estimate of drug-likeness (QED) is 0.0576. The van der Waals surface area contributed by atoms with E-state index < -0.39 is 34.8 Å². The van der Waals surface area contributed by atoms with E-state index in [9.17, 15) is 24.3 Å². The van der Waals surface area contributed by atoms with Crippen molar-refractivity contribution < 1.29 is 29.1 Å². The number of hydrogen-bond donors (Lipinski definition) is 4. The van der Waals surface area contributed by atoms with E-state index in [1.165, 1.54) is 16.7 Å². The maximum Gasteiger partial charge on any atom is 0.352 e. The number of nitrogen functional groups attached to an aromatic ring is 1. The number of allylic oxidation sites excluding steroid dienone is 1. The maximum absolute atomic E-state index is 14.2. The summed E-state index contributed by atoms with van der Waals surface area (Å²) in [4.78, 5) is 67.6. The number of aliphatic carboxylic acids is 1. The number of aromatic nitrogens is 2. The first-order chi connectivity index (χ1) is 26.8. The Balaban J connectivity index is 1.10. The number of nitrogens with two attached hydrogens (primary N) is 1. The van der Waals surface area contributed by atoms with Gasteiger partial charge in [-0.1, -0.05) is 96.2 Å². The first-order valence-electron chi connectivity index (χ1n) is 17.7. The number of carboxylic acid groups (broad SMARTS) is 1. The lowest BCUT2D eigenvalue weighted by molar-refractivity contribution is -0.150. The predicted molar refractivity (Wildman–Crippen MR) is 207 cm³/mol. The van der Waals surface area contributed by atoms with Crippen LogP contribution >= 0.6 is 23.3 Å².